The quantitative estimate of drug-likeness (QED) is 0.917. The lowest BCUT2D eigenvalue weighted by molar-refractivity contribution is 0.0238. The fourth-order valence-electron chi connectivity index (χ4n) is 2.41. The molecule has 1 aliphatic heterocycles. The molecule has 3 rings (SSSR count). The van der Waals surface area contributed by atoms with Crippen molar-refractivity contribution in [2.75, 3.05) is 13.2 Å². The molecule has 100 valence electrons. The molecule has 1 aromatic carbocycles. The van der Waals surface area contributed by atoms with E-state index in [0.29, 0.717) is 12.4 Å². The van der Waals surface area contributed by atoms with Crippen molar-refractivity contribution >= 4 is 10.9 Å². The molecule has 1 aliphatic rings. The van der Waals surface area contributed by atoms with Gasteiger partial charge in [0, 0.05) is 30.8 Å². The molecule has 0 amide bonds. The van der Waals surface area contributed by atoms with Crippen LogP contribution < -0.4 is 10.5 Å². The van der Waals surface area contributed by atoms with Crippen molar-refractivity contribution in [1.29, 1.82) is 0 Å². The molecule has 0 unspecified atom stereocenters. The Morgan fingerprint density at radius 1 is 1.26 bits per heavy atom. The molecule has 0 aliphatic carbocycles. The highest BCUT2D eigenvalue weighted by Crippen LogP contribution is 2.23. The third-order valence-electron chi connectivity index (χ3n) is 3.45. The minimum absolute atomic E-state index is 0.202. The van der Waals surface area contributed by atoms with Crippen LogP contribution in [-0.4, -0.2) is 24.3 Å². The van der Waals surface area contributed by atoms with Gasteiger partial charge in [0.25, 0.3) is 0 Å². The van der Waals surface area contributed by atoms with Crippen LogP contribution in [0.4, 0.5) is 0 Å². The maximum absolute atomic E-state index is 5.96. The molecule has 2 N–H and O–H groups in total. The van der Waals surface area contributed by atoms with E-state index in [0.717, 1.165) is 42.5 Å². The number of fused-ring (bicyclic) bond motifs is 1. The second-order valence-electron chi connectivity index (χ2n) is 4.77. The summed E-state index contributed by atoms with van der Waals surface area (Å²) in [4.78, 5) is 4.56. The second kappa shape index (κ2) is 5.55. The molecule has 0 atom stereocenters. The summed E-state index contributed by atoms with van der Waals surface area (Å²) in [5.41, 5.74) is 7.83. The zero-order valence-electron chi connectivity index (χ0n) is 10.8. The van der Waals surface area contributed by atoms with Crippen molar-refractivity contribution in [3.8, 4) is 5.88 Å². The highest BCUT2D eigenvalue weighted by Gasteiger charge is 2.16. The number of pyridine rings is 1. The zero-order valence-corrected chi connectivity index (χ0v) is 10.8. The van der Waals surface area contributed by atoms with E-state index in [4.69, 9.17) is 15.2 Å². The topological polar surface area (TPSA) is 57.4 Å². The van der Waals surface area contributed by atoms with E-state index in [1.165, 1.54) is 0 Å². The number of para-hydroxylation sites is 1. The Morgan fingerprint density at radius 3 is 2.84 bits per heavy atom. The lowest BCUT2D eigenvalue weighted by Gasteiger charge is -2.23. The van der Waals surface area contributed by atoms with Crippen LogP contribution in [0.25, 0.3) is 10.9 Å². The fraction of sp³-hybridized carbons (Fsp3) is 0.400. The Labute approximate surface area is 112 Å². The van der Waals surface area contributed by atoms with Crippen molar-refractivity contribution in [3.05, 3.63) is 35.9 Å². The molecule has 4 heteroatoms. The number of nitrogens with two attached hydrogens (primary N) is 1. The zero-order chi connectivity index (χ0) is 13.1. The molecule has 0 bridgehead atoms. The van der Waals surface area contributed by atoms with E-state index in [1.54, 1.807) is 0 Å². The molecular formula is C15H18N2O2. The molecule has 2 aromatic rings. The van der Waals surface area contributed by atoms with Gasteiger partial charge in [-0.1, -0.05) is 18.2 Å². The first kappa shape index (κ1) is 12.4. The van der Waals surface area contributed by atoms with Gasteiger partial charge in [-0.15, -0.1) is 0 Å². The first-order valence-corrected chi connectivity index (χ1v) is 6.70. The second-order valence-corrected chi connectivity index (χ2v) is 4.77. The summed E-state index contributed by atoms with van der Waals surface area (Å²) in [5.74, 6) is 0.672. The lowest BCUT2D eigenvalue weighted by Crippen LogP contribution is -2.26. The van der Waals surface area contributed by atoms with E-state index in [9.17, 15) is 0 Å². The van der Waals surface area contributed by atoms with Crippen LogP contribution in [0, 0.1) is 0 Å². The van der Waals surface area contributed by atoms with E-state index in [1.807, 2.05) is 30.3 Å². The van der Waals surface area contributed by atoms with Gasteiger partial charge in [-0.05, 0) is 11.6 Å². The van der Waals surface area contributed by atoms with Gasteiger partial charge in [-0.2, -0.15) is 0 Å². The molecule has 1 fully saturated rings. The monoisotopic (exact) mass is 258 g/mol. The Hall–Kier alpha value is -1.65. The van der Waals surface area contributed by atoms with Gasteiger partial charge >= 0.3 is 0 Å². The first-order chi connectivity index (χ1) is 9.36. The average Bonchev–Trinajstić information content (AvgIpc) is 2.47. The first-order valence-electron chi connectivity index (χ1n) is 6.70. The van der Waals surface area contributed by atoms with Crippen LogP contribution in [0.3, 0.4) is 0 Å². The van der Waals surface area contributed by atoms with Gasteiger partial charge in [0.05, 0.1) is 18.7 Å². The minimum atomic E-state index is 0.202. The Bertz CT molecular complexity index is 565. The molecule has 1 saturated heterocycles. The Kier molecular flexibility index (Phi) is 3.62. The molecule has 1 aromatic heterocycles. The van der Waals surface area contributed by atoms with Crippen LogP contribution in [0.5, 0.6) is 5.88 Å². The molecular weight excluding hydrogens is 240 g/mol. The molecule has 0 spiro atoms. The van der Waals surface area contributed by atoms with Crippen molar-refractivity contribution < 1.29 is 9.47 Å². The number of hydrogen-bond acceptors (Lipinski definition) is 4. The van der Waals surface area contributed by atoms with Gasteiger partial charge in [-0.3, -0.25) is 0 Å². The summed E-state index contributed by atoms with van der Waals surface area (Å²) in [7, 11) is 0. The van der Waals surface area contributed by atoms with Crippen molar-refractivity contribution in [2.24, 2.45) is 5.73 Å². The van der Waals surface area contributed by atoms with Crippen molar-refractivity contribution in [1.82, 2.24) is 4.98 Å². The standard InChI is InChI=1S/C15H18N2O2/c16-10-11-9-15(19-12-5-7-18-8-6-12)17-14-4-2-1-3-13(11)14/h1-4,9,12H,5-8,10,16H2. The Morgan fingerprint density at radius 2 is 2.05 bits per heavy atom. The lowest BCUT2D eigenvalue weighted by atomic mass is 10.1. The fourth-order valence-corrected chi connectivity index (χ4v) is 2.41. The van der Waals surface area contributed by atoms with E-state index in [2.05, 4.69) is 4.98 Å². The number of ether oxygens (including phenoxy) is 2. The van der Waals surface area contributed by atoms with Gasteiger partial charge < -0.3 is 15.2 Å². The van der Waals surface area contributed by atoms with Gasteiger partial charge in [0.1, 0.15) is 6.10 Å². The molecule has 4 nitrogen and oxygen atoms in total. The molecule has 0 saturated carbocycles. The van der Waals surface area contributed by atoms with Crippen molar-refractivity contribution in [2.45, 2.75) is 25.5 Å². The minimum Gasteiger partial charge on any atom is -0.474 e. The molecule has 0 radical (unpaired) electrons. The summed E-state index contributed by atoms with van der Waals surface area (Å²) in [5, 5.41) is 1.10. The number of nitrogens with zero attached hydrogens (tertiary/aromatic N) is 1. The number of rotatable bonds is 3. The predicted molar refractivity (Wildman–Crippen MR) is 74.1 cm³/mol. The van der Waals surface area contributed by atoms with E-state index < -0.39 is 0 Å². The number of hydrogen-bond donors (Lipinski definition) is 1. The maximum Gasteiger partial charge on any atom is 0.214 e. The largest absolute Gasteiger partial charge is 0.474 e. The van der Waals surface area contributed by atoms with Crippen molar-refractivity contribution in [3.63, 3.8) is 0 Å². The van der Waals surface area contributed by atoms with Gasteiger partial charge in [0.15, 0.2) is 0 Å². The maximum atomic E-state index is 5.96. The van der Waals surface area contributed by atoms with Gasteiger partial charge in [-0.25, -0.2) is 4.98 Å². The van der Waals surface area contributed by atoms with Gasteiger partial charge in [0.2, 0.25) is 5.88 Å². The van der Waals surface area contributed by atoms with Crippen LogP contribution >= 0.6 is 0 Å². The third-order valence-corrected chi connectivity index (χ3v) is 3.45. The average molecular weight is 258 g/mol. The smallest absolute Gasteiger partial charge is 0.214 e. The van der Waals surface area contributed by atoms with Crippen LogP contribution in [-0.2, 0) is 11.3 Å². The summed E-state index contributed by atoms with van der Waals surface area (Å²) in [6.45, 7) is 2.02. The van der Waals surface area contributed by atoms with Crippen LogP contribution in [0.15, 0.2) is 30.3 Å². The summed E-state index contributed by atoms with van der Waals surface area (Å²) in [6, 6.07) is 9.97. The summed E-state index contributed by atoms with van der Waals surface area (Å²) in [6.07, 6.45) is 2.05. The van der Waals surface area contributed by atoms with Crippen LogP contribution in [0.1, 0.15) is 18.4 Å². The van der Waals surface area contributed by atoms with E-state index >= 15 is 0 Å². The number of aromatic nitrogens is 1. The predicted octanol–water partition coefficient (Wildman–Crippen LogP) is 2.25. The normalized spacial score (nSPS) is 16.7. The molecule has 19 heavy (non-hydrogen) atoms. The molecule has 2 heterocycles. The Balaban J connectivity index is 1.90. The van der Waals surface area contributed by atoms with Crippen LogP contribution in [0.2, 0.25) is 0 Å². The third kappa shape index (κ3) is 2.69. The summed E-state index contributed by atoms with van der Waals surface area (Å²) < 4.78 is 11.3. The SMILES string of the molecule is NCc1cc(OC2CCOCC2)nc2ccccc12. The highest BCUT2D eigenvalue weighted by molar-refractivity contribution is 5.82. The van der Waals surface area contributed by atoms with E-state index in [-0.39, 0.29) is 6.10 Å². The highest BCUT2D eigenvalue weighted by atomic mass is 16.5. The number of benzene rings is 1. The summed E-state index contributed by atoms with van der Waals surface area (Å²) >= 11 is 0.